The van der Waals surface area contributed by atoms with Crippen molar-refractivity contribution in [3.05, 3.63) is 35.9 Å². The first kappa shape index (κ1) is 53.7. The van der Waals surface area contributed by atoms with Crippen LogP contribution in [0.3, 0.4) is 0 Å². The molecule has 14 nitrogen and oxygen atoms in total. The monoisotopic (exact) mass is 880 g/mol. The Balaban J connectivity index is 2.28. The van der Waals surface area contributed by atoms with Gasteiger partial charge in [-0.1, -0.05) is 85.2 Å². The van der Waals surface area contributed by atoms with Gasteiger partial charge in [-0.25, -0.2) is 0 Å². The van der Waals surface area contributed by atoms with Gasteiger partial charge in [-0.3, -0.25) is 33.1 Å². The summed E-state index contributed by atoms with van der Waals surface area (Å²) in [6.45, 7) is 15.9. The largest absolute Gasteiger partial charge is 0.455 e. The Hall–Kier alpha value is -3.40. The van der Waals surface area contributed by atoms with Crippen molar-refractivity contribution < 1.29 is 42.4 Å². The van der Waals surface area contributed by atoms with Gasteiger partial charge in [-0.15, -0.1) is 9.93 Å². The van der Waals surface area contributed by atoms with Gasteiger partial charge in [0.15, 0.2) is 0 Å². The first-order chi connectivity index (χ1) is 28.5. The molecule has 1 heterocycles. The molecule has 1 aliphatic rings. The average Bonchev–Trinajstić information content (AvgIpc) is 3.67. The van der Waals surface area contributed by atoms with Crippen LogP contribution in [-0.2, 0) is 48.1 Å². The number of methoxy groups -OCH3 is 2. The molecule has 1 fully saturated rings. The fraction of sp³-hybridized carbons (Fsp3) is 0.761. The van der Waals surface area contributed by atoms with Crippen LogP contribution >= 0.6 is 0 Å². The smallest absolute Gasteiger partial charge is 0.306 e. The SMILES string of the molecule is CC[C@H](C)[C@@H]([C@@H](CC(=O)N1CCC[C@H]1[C@H](OC)[C@@H](C)C(=O)N[C@H](C)[C@@H](OC(=O)CCC[SH](C)(C)=O)c1ccccc1)OC)N(C)C(=O)[C@@H](NC(=O)C(C(C)C)N(C)C)C(C)C. The topological polar surface area (TPSA) is 164 Å². The van der Waals surface area contributed by atoms with Crippen molar-refractivity contribution in [2.75, 3.05) is 60.2 Å². The number of carbonyl (C=O) groups excluding carboxylic acids is 5. The summed E-state index contributed by atoms with van der Waals surface area (Å²) in [4.78, 5) is 74.4. The molecule has 1 saturated heterocycles. The Morgan fingerprint density at radius 1 is 0.885 bits per heavy atom. The quantitative estimate of drug-likeness (QED) is 0.0944. The predicted octanol–water partition coefficient (Wildman–Crippen LogP) is 4.48. The van der Waals surface area contributed by atoms with Crippen LogP contribution in [0.1, 0.15) is 106 Å². The highest BCUT2D eigenvalue weighted by Crippen LogP contribution is 2.30. The van der Waals surface area contributed by atoms with Crippen LogP contribution in [0.5, 0.6) is 0 Å². The highest BCUT2D eigenvalue weighted by molar-refractivity contribution is 8.01. The summed E-state index contributed by atoms with van der Waals surface area (Å²) in [5.41, 5.74) is 0.730. The van der Waals surface area contributed by atoms with Gasteiger partial charge in [-0.05, 0) is 76.1 Å². The van der Waals surface area contributed by atoms with Crippen molar-refractivity contribution in [2.45, 2.75) is 142 Å². The molecule has 2 N–H and O–H groups in total. The van der Waals surface area contributed by atoms with E-state index < -0.39 is 70.3 Å². The van der Waals surface area contributed by atoms with Crippen molar-refractivity contribution in [2.24, 2.45) is 23.7 Å². The molecule has 0 aromatic heterocycles. The minimum atomic E-state index is -2.27. The van der Waals surface area contributed by atoms with Gasteiger partial charge in [0.1, 0.15) is 12.1 Å². The van der Waals surface area contributed by atoms with Gasteiger partial charge in [0.05, 0.1) is 48.7 Å². The minimum Gasteiger partial charge on any atom is -0.455 e. The summed E-state index contributed by atoms with van der Waals surface area (Å²) < 4.78 is 30.2. The third-order valence-electron chi connectivity index (χ3n) is 12.2. The number of likely N-dealkylation sites (tertiary alicyclic amines) is 1. The second kappa shape index (κ2) is 25.0. The van der Waals surface area contributed by atoms with E-state index in [-0.39, 0.29) is 54.2 Å². The Labute approximate surface area is 368 Å². The molecule has 1 aromatic carbocycles. The fourth-order valence-electron chi connectivity index (χ4n) is 8.75. The number of likely N-dealkylation sites (N-methyl/N-ethyl adjacent to an activating group) is 2. The molecule has 10 atom stereocenters. The van der Waals surface area contributed by atoms with Gasteiger partial charge in [0.2, 0.25) is 23.6 Å². The summed E-state index contributed by atoms with van der Waals surface area (Å²) >= 11 is 0. The maximum Gasteiger partial charge on any atom is 0.306 e. The van der Waals surface area contributed by atoms with E-state index in [1.807, 2.05) is 90.9 Å². The second-order valence-corrected chi connectivity index (χ2v) is 22.1. The van der Waals surface area contributed by atoms with E-state index >= 15 is 0 Å². The summed E-state index contributed by atoms with van der Waals surface area (Å²) in [7, 11) is 6.25. The number of hydrogen-bond acceptors (Lipinski definition) is 10. The third kappa shape index (κ3) is 15.7. The van der Waals surface area contributed by atoms with E-state index in [1.165, 1.54) is 0 Å². The summed E-state index contributed by atoms with van der Waals surface area (Å²) in [5.74, 6) is -1.80. The van der Waals surface area contributed by atoms with E-state index in [0.717, 1.165) is 18.4 Å². The molecule has 1 unspecified atom stereocenters. The zero-order chi connectivity index (χ0) is 46.4. The number of carbonyl (C=O) groups is 5. The molecule has 0 bridgehead atoms. The number of ether oxygens (including phenoxy) is 3. The number of nitrogens with one attached hydrogen (secondary N) is 2. The van der Waals surface area contributed by atoms with Crippen molar-refractivity contribution in [3.63, 3.8) is 0 Å². The fourth-order valence-corrected chi connectivity index (χ4v) is 9.67. The molecule has 15 heteroatoms. The lowest BCUT2D eigenvalue weighted by Crippen LogP contribution is -2.59. The average molecular weight is 880 g/mol. The number of hydrogen-bond donors (Lipinski definition) is 3. The highest BCUT2D eigenvalue weighted by Gasteiger charge is 2.43. The van der Waals surface area contributed by atoms with Crippen molar-refractivity contribution >= 4 is 39.5 Å². The van der Waals surface area contributed by atoms with Crippen LogP contribution in [0.4, 0.5) is 0 Å². The molecule has 61 heavy (non-hydrogen) atoms. The van der Waals surface area contributed by atoms with Crippen molar-refractivity contribution in [1.82, 2.24) is 25.3 Å². The molecule has 350 valence electrons. The molecule has 0 saturated carbocycles. The van der Waals surface area contributed by atoms with E-state index in [2.05, 4.69) is 10.6 Å². The minimum absolute atomic E-state index is 0.000611. The van der Waals surface area contributed by atoms with Crippen LogP contribution in [0.25, 0.3) is 0 Å². The van der Waals surface area contributed by atoms with Crippen molar-refractivity contribution in [1.29, 1.82) is 0 Å². The van der Waals surface area contributed by atoms with Gasteiger partial charge >= 0.3 is 5.97 Å². The Kier molecular flexibility index (Phi) is 22.1. The van der Waals surface area contributed by atoms with Gasteiger partial charge < -0.3 is 34.6 Å². The van der Waals surface area contributed by atoms with Crippen LogP contribution < -0.4 is 10.6 Å². The maximum absolute atomic E-state index is 14.4. The second-order valence-electron chi connectivity index (χ2n) is 18.5. The molecule has 1 aliphatic heterocycles. The van der Waals surface area contributed by atoms with Crippen LogP contribution in [0, 0.1) is 23.7 Å². The first-order valence-corrected chi connectivity index (χ1v) is 25.0. The number of amides is 4. The maximum atomic E-state index is 14.4. The summed E-state index contributed by atoms with van der Waals surface area (Å²) in [6, 6.07) is 6.58. The number of nitrogens with zero attached hydrogens (tertiary/aromatic N) is 3. The number of thiol groups is 1. The molecule has 4 amide bonds. The Bertz CT molecular complexity index is 1600. The number of benzene rings is 1. The van der Waals surface area contributed by atoms with E-state index in [9.17, 15) is 28.2 Å². The van der Waals surface area contributed by atoms with E-state index in [0.29, 0.717) is 25.1 Å². The van der Waals surface area contributed by atoms with Gasteiger partial charge in [-0.2, -0.15) is 0 Å². The number of rotatable bonds is 25. The summed E-state index contributed by atoms with van der Waals surface area (Å²) in [6.07, 6.45) is 3.98. The normalized spacial score (nSPS) is 19.3. The standard InChI is InChI=1S/C46H81N5O9S/c1-16-31(6)41(50(11)46(56)39(29(2)3)48-45(55)40(30(4)5)49(9)10)36(58-12)28-37(52)51-26-20-24-35(51)42(59-13)32(7)44(54)47-33(8)43(34-22-18-17-19-23-34)60-38(53)25-21-27-61(14,15)57/h17-19,22-23,29-33,35-36,39-43,61H,16,20-21,24-28H2,1-15H3,(H,47,54)(H,48,55)/t31-,32+,33+,35-,36+,39-,40?,41-,42+,43+/m0/s1. The molecular weight excluding hydrogens is 799 g/mol. The molecular formula is C46H81N5O9S. The zero-order valence-electron chi connectivity index (χ0n) is 39.9. The Morgan fingerprint density at radius 2 is 1.51 bits per heavy atom. The molecule has 0 spiro atoms. The van der Waals surface area contributed by atoms with Gasteiger partial charge in [0, 0.05) is 40.0 Å². The molecule has 0 radical (unpaired) electrons. The third-order valence-corrected chi connectivity index (χ3v) is 13.6. The highest BCUT2D eigenvalue weighted by atomic mass is 32.2. The molecule has 0 aliphatic carbocycles. The lowest BCUT2D eigenvalue weighted by Gasteiger charge is -2.41. The lowest BCUT2D eigenvalue weighted by atomic mass is 9.89. The van der Waals surface area contributed by atoms with Crippen LogP contribution in [-0.4, -0.2) is 151 Å². The predicted molar refractivity (Wildman–Crippen MR) is 244 cm³/mol. The first-order valence-electron chi connectivity index (χ1n) is 22.2. The zero-order valence-corrected chi connectivity index (χ0v) is 40.8. The summed E-state index contributed by atoms with van der Waals surface area (Å²) in [5, 5.41) is 6.10. The van der Waals surface area contributed by atoms with E-state index in [4.69, 9.17) is 14.2 Å². The molecule has 1 aromatic rings. The number of esters is 1. The Morgan fingerprint density at radius 3 is 2.02 bits per heavy atom. The van der Waals surface area contributed by atoms with Crippen molar-refractivity contribution in [3.8, 4) is 0 Å². The van der Waals surface area contributed by atoms with Crippen LogP contribution in [0.2, 0.25) is 0 Å². The lowest BCUT2D eigenvalue weighted by molar-refractivity contribution is -0.152. The van der Waals surface area contributed by atoms with Crippen LogP contribution in [0.15, 0.2) is 30.3 Å². The van der Waals surface area contributed by atoms with E-state index in [1.54, 1.807) is 57.4 Å². The molecule has 2 rings (SSSR count). The van der Waals surface area contributed by atoms with Gasteiger partial charge in [0.25, 0.3) is 0 Å².